The Labute approximate surface area is 107 Å². The number of halogens is 3. The van der Waals surface area contributed by atoms with E-state index in [1.54, 1.807) is 6.07 Å². The second kappa shape index (κ2) is 5.98. The van der Waals surface area contributed by atoms with E-state index in [1.165, 1.54) is 0 Å². The van der Waals surface area contributed by atoms with Gasteiger partial charge in [0, 0.05) is 5.88 Å². The van der Waals surface area contributed by atoms with E-state index in [4.69, 9.17) is 34.8 Å². The molecule has 1 unspecified atom stereocenters. The summed E-state index contributed by atoms with van der Waals surface area (Å²) in [5.74, 6) is 1.65. The van der Waals surface area contributed by atoms with E-state index >= 15 is 0 Å². The third-order valence-electron chi connectivity index (χ3n) is 2.65. The molecule has 0 N–H and O–H groups in total. The monoisotopic (exact) mass is 264 g/mol. The fourth-order valence-corrected chi connectivity index (χ4v) is 2.32. The van der Waals surface area contributed by atoms with Crippen LogP contribution in [0.3, 0.4) is 0 Å². The van der Waals surface area contributed by atoms with Gasteiger partial charge in [-0.1, -0.05) is 49.2 Å². The molecular weight excluding hydrogens is 250 g/mol. The van der Waals surface area contributed by atoms with Crippen LogP contribution in [0.2, 0.25) is 10.0 Å². The predicted molar refractivity (Wildman–Crippen MR) is 69.2 cm³/mol. The van der Waals surface area contributed by atoms with Crippen molar-refractivity contribution in [1.82, 2.24) is 0 Å². The molecule has 0 heterocycles. The zero-order chi connectivity index (χ0) is 11.4. The lowest BCUT2D eigenvalue weighted by Crippen LogP contribution is -2.13. The van der Waals surface area contributed by atoms with E-state index in [0.717, 1.165) is 12.0 Å². The minimum atomic E-state index is 0.447. The predicted octanol–water partition coefficient (Wildman–Crippen LogP) is 5.05. The van der Waals surface area contributed by atoms with Crippen LogP contribution in [0.25, 0.3) is 0 Å². The van der Waals surface area contributed by atoms with Crippen LogP contribution in [0.5, 0.6) is 0 Å². The summed E-state index contributed by atoms with van der Waals surface area (Å²) in [6.45, 7) is 4.34. The Morgan fingerprint density at radius 3 is 2.40 bits per heavy atom. The highest BCUT2D eigenvalue weighted by molar-refractivity contribution is 6.42. The van der Waals surface area contributed by atoms with Crippen LogP contribution >= 0.6 is 34.8 Å². The highest BCUT2D eigenvalue weighted by atomic mass is 35.5. The van der Waals surface area contributed by atoms with Crippen molar-refractivity contribution in [2.75, 3.05) is 5.88 Å². The smallest absolute Gasteiger partial charge is 0.0624 e. The van der Waals surface area contributed by atoms with Gasteiger partial charge in [-0.2, -0.15) is 0 Å². The zero-order valence-corrected chi connectivity index (χ0v) is 11.2. The number of alkyl halides is 1. The Hall–Kier alpha value is 0.0900. The molecule has 1 aromatic rings. The summed E-state index contributed by atoms with van der Waals surface area (Å²) in [5, 5.41) is 1.28. The molecule has 15 heavy (non-hydrogen) atoms. The van der Waals surface area contributed by atoms with Crippen molar-refractivity contribution in [3.8, 4) is 0 Å². The second-order valence-corrected chi connectivity index (χ2v) is 5.17. The van der Waals surface area contributed by atoms with Crippen molar-refractivity contribution in [2.24, 2.45) is 11.8 Å². The first kappa shape index (κ1) is 13.2. The maximum atomic E-state index is 6.12. The van der Waals surface area contributed by atoms with Gasteiger partial charge in [0.2, 0.25) is 0 Å². The van der Waals surface area contributed by atoms with Crippen molar-refractivity contribution >= 4 is 34.8 Å². The van der Waals surface area contributed by atoms with Crippen LogP contribution < -0.4 is 0 Å². The lowest BCUT2D eigenvalue weighted by atomic mass is 9.91. The molecule has 0 fully saturated rings. The summed E-state index contributed by atoms with van der Waals surface area (Å²) >= 11 is 18.0. The quantitative estimate of drug-likeness (QED) is 0.669. The third kappa shape index (κ3) is 3.55. The van der Waals surface area contributed by atoms with Gasteiger partial charge in [-0.05, 0) is 29.9 Å². The molecular formula is C12H15Cl3. The topological polar surface area (TPSA) is 0 Å². The summed E-state index contributed by atoms with van der Waals surface area (Å²) < 4.78 is 0. The van der Waals surface area contributed by atoms with E-state index < -0.39 is 0 Å². The fraction of sp³-hybridized carbons (Fsp3) is 0.500. The third-order valence-corrected chi connectivity index (χ3v) is 3.91. The highest BCUT2D eigenvalue weighted by Crippen LogP contribution is 2.29. The molecule has 0 aliphatic carbocycles. The van der Waals surface area contributed by atoms with Crippen LogP contribution in [0, 0.1) is 11.8 Å². The Kier molecular flexibility index (Phi) is 5.25. The maximum Gasteiger partial charge on any atom is 0.0624 e. The normalized spacial score (nSPS) is 13.2. The first-order valence-corrected chi connectivity index (χ1v) is 6.34. The van der Waals surface area contributed by atoms with Gasteiger partial charge in [0.1, 0.15) is 0 Å². The second-order valence-electron chi connectivity index (χ2n) is 4.08. The molecule has 0 spiro atoms. The summed E-state index contributed by atoms with van der Waals surface area (Å²) in [6, 6.07) is 5.74. The van der Waals surface area contributed by atoms with Crippen LogP contribution in [-0.2, 0) is 6.42 Å². The minimum Gasteiger partial charge on any atom is -0.126 e. The molecule has 0 aliphatic heterocycles. The average Bonchev–Trinajstić information content (AvgIpc) is 2.19. The molecule has 0 aliphatic rings. The Bertz CT molecular complexity index is 321. The van der Waals surface area contributed by atoms with Crippen LogP contribution in [0.15, 0.2) is 18.2 Å². The molecule has 0 bridgehead atoms. The summed E-state index contributed by atoms with van der Waals surface area (Å²) in [6.07, 6.45) is 0.889. The first-order chi connectivity index (χ1) is 7.06. The van der Waals surface area contributed by atoms with Crippen molar-refractivity contribution in [1.29, 1.82) is 0 Å². The fourth-order valence-electron chi connectivity index (χ4n) is 1.46. The summed E-state index contributed by atoms with van der Waals surface area (Å²) in [4.78, 5) is 0. The van der Waals surface area contributed by atoms with Gasteiger partial charge < -0.3 is 0 Å². The zero-order valence-electron chi connectivity index (χ0n) is 8.93. The molecule has 1 atom stereocenters. The SMILES string of the molecule is CC(C)C(CCl)Cc1cccc(Cl)c1Cl. The van der Waals surface area contributed by atoms with E-state index in [0.29, 0.717) is 27.8 Å². The van der Waals surface area contributed by atoms with Gasteiger partial charge in [0.25, 0.3) is 0 Å². The Morgan fingerprint density at radius 1 is 1.20 bits per heavy atom. The molecule has 84 valence electrons. The molecule has 0 saturated carbocycles. The van der Waals surface area contributed by atoms with Gasteiger partial charge in [-0.25, -0.2) is 0 Å². The van der Waals surface area contributed by atoms with Gasteiger partial charge >= 0.3 is 0 Å². The molecule has 1 aromatic carbocycles. The summed E-state index contributed by atoms with van der Waals surface area (Å²) in [7, 11) is 0. The maximum absolute atomic E-state index is 6.12. The van der Waals surface area contributed by atoms with E-state index in [1.807, 2.05) is 12.1 Å². The molecule has 1 rings (SSSR count). The van der Waals surface area contributed by atoms with E-state index in [2.05, 4.69) is 13.8 Å². The van der Waals surface area contributed by atoms with Crippen molar-refractivity contribution in [2.45, 2.75) is 20.3 Å². The standard InChI is InChI=1S/C12H15Cl3/c1-8(2)10(7-13)6-9-4-3-5-11(14)12(9)15/h3-5,8,10H,6-7H2,1-2H3. The first-order valence-electron chi connectivity index (χ1n) is 5.05. The van der Waals surface area contributed by atoms with Crippen molar-refractivity contribution in [3.05, 3.63) is 33.8 Å². The molecule has 0 saturated heterocycles. The van der Waals surface area contributed by atoms with Crippen molar-refractivity contribution < 1.29 is 0 Å². The largest absolute Gasteiger partial charge is 0.126 e. The van der Waals surface area contributed by atoms with Crippen LogP contribution in [0.4, 0.5) is 0 Å². The number of hydrogen-bond acceptors (Lipinski definition) is 0. The van der Waals surface area contributed by atoms with Crippen LogP contribution in [-0.4, -0.2) is 5.88 Å². The highest BCUT2D eigenvalue weighted by Gasteiger charge is 2.15. The average molecular weight is 266 g/mol. The minimum absolute atomic E-state index is 0.447. The molecule has 0 aromatic heterocycles. The van der Waals surface area contributed by atoms with Crippen LogP contribution in [0.1, 0.15) is 19.4 Å². The number of hydrogen-bond donors (Lipinski definition) is 0. The Balaban J connectivity index is 2.84. The molecule has 3 heteroatoms. The molecule has 0 nitrogen and oxygen atoms in total. The van der Waals surface area contributed by atoms with Gasteiger partial charge in [0.15, 0.2) is 0 Å². The molecule has 0 radical (unpaired) electrons. The number of rotatable bonds is 4. The number of benzene rings is 1. The lowest BCUT2D eigenvalue weighted by molar-refractivity contribution is 0.422. The Morgan fingerprint density at radius 2 is 1.87 bits per heavy atom. The van der Waals surface area contributed by atoms with E-state index in [-0.39, 0.29) is 0 Å². The lowest BCUT2D eigenvalue weighted by Gasteiger charge is -2.18. The summed E-state index contributed by atoms with van der Waals surface area (Å²) in [5.41, 5.74) is 1.09. The molecule has 0 amide bonds. The van der Waals surface area contributed by atoms with Gasteiger partial charge in [-0.3, -0.25) is 0 Å². The van der Waals surface area contributed by atoms with Gasteiger partial charge in [0.05, 0.1) is 10.0 Å². The van der Waals surface area contributed by atoms with Crippen molar-refractivity contribution in [3.63, 3.8) is 0 Å². The van der Waals surface area contributed by atoms with Gasteiger partial charge in [-0.15, -0.1) is 11.6 Å². The van der Waals surface area contributed by atoms with E-state index in [9.17, 15) is 0 Å².